The minimum atomic E-state index is 0.443. The van der Waals surface area contributed by atoms with Crippen LogP contribution in [-0.4, -0.2) is 14.8 Å². The fourth-order valence-electron chi connectivity index (χ4n) is 1.92. The highest BCUT2D eigenvalue weighted by Gasteiger charge is 2.01. The van der Waals surface area contributed by atoms with Crippen LogP contribution in [0.1, 0.15) is 5.56 Å². The summed E-state index contributed by atoms with van der Waals surface area (Å²) in [5.74, 6) is 0.443. The van der Waals surface area contributed by atoms with E-state index in [1.807, 2.05) is 16.7 Å². The molecule has 0 saturated carbocycles. The Kier molecular flexibility index (Phi) is 2.26. The number of fused-ring (bicyclic) bond motifs is 1. The summed E-state index contributed by atoms with van der Waals surface area (Å²) < 4.78 is 1.82. The molecule has 0 unspecified atom stereocenters. The van der Waals surface area contributed by atoms with E-state index in [1.54, 1.807) is 6.33 Å². The summed E-state index contributed by atoms with van der Waals surface area (Å²) in [6.07, 6.45) is 1.64. The molecule has 0 atom stereocenters. The number of hydrogen-bond acceptors (Lipinski definition) is 3. The molecular formula is C13H12N4. The number of anilines is 1. The molecule has 0 amide bonds. The largest absolute Gasteiger partial charge is 0.368 e. The van der Waals surface area contributed by atoms with Crippen molar-refractivity contribution in [2.75, 3.05) is 5.73 Å². The van der Waals surface area contributed by atoms with Gasteiger partial charge in [-0.2, -0.15) is 0 Å². The van der Waals surface area contributed by atoms with Gasteiger partial charge in [-0.05, 0) is 22.4 Å². The minimum absolute atomic E-state index is 0.443. The normalized spacial score (nSPS) is 10.8. The van der Waals surface area contributed by atoms with Gasteiger partial charge in [0.05, 0.1) is 6.54 Å². The van der Waals surface area contributed by atoms with Crippen LogP contribution in [0.2, 0.25) is 0 Å². The van der Waals surface area contributed by atoms with Crippen LogP contribution in [0.15, 0.2) is 48.8 Å². The number of nitrogen functional groups attached to an aromatic ring is 1. The van der Waals surface area contributed by atoms with Crippen LogP contribution in [0.25, 0.3) is 10.8 Å². The lowest BCUT2D eigenvalue weighted by Gasteiger charge is -2.05. The van der Waals surface area contributed by atoms with E-state index in [0.717, 1.165) is 0 Å². The fraction of sp³-hybridized carbons (Fsp3) is 0.0769. The Bertz CT molecular complexity index is 657. The summed E-state index contributed by atoms with van der Waals surface area (Å²) in [5, 5.41) is 10.0. The Morgan fingerprint density at radius 1 is 1.06 bits per heavy atom. The summed E-state index contributed by atoms with van der Waals surface area (Å²) in [5.41, 5.74) is 6.88. The van der Waals surface area contributed by atoms with Crippen LogP contribution < -0.4 is 5.73 Å². The van der Waals surface area contributed by atoms with Gasteiger partial charge in [-0.15, -0.1) is 10.2 Å². The first kappa shape index (κ1) is 9.84. The Labute approximate surface area is 98.7 Å². The second-order valence-corrected chi connectivity index (χ2v) is 4.00. The smallest absolute Gasteiger partial charge is 0.222 e. The SMILES string of the molecule is Nc1nncn1Cc1ccc2ccccc2c1. The van der Waals surface area contributed by atoms with E-state index in [2.05, 4.69) is 40.5 Å². The molecule has 0 bridgehead atoms. The van der Waals surface area contributed by atoms with Gasteiger partial charge in [0.1, 0.15) is 6.33 Å². The Hall–Kier alpha value is -2.36. The first-order valence-electron chi connectivity index (χ1n) is 5.44. The first-order valence-corrected chi connectivity index (χ1v) is 5.44. The molecule has 0 aliphatic carbocycles. The average molecular weight is 224 g/mol. The number of nitrogens with zero attached hydrogens (tertiary/aromatic N) is 3. The van der Waals surface area contributed by atoms with Crippen molar-refractivity contribution in [3.05, 3.63) is 54.4 Å². The van der Waals surface area contributed by atoms with Gasteiger partial charge in [0, 0.05) is 0 Å². The van der Waals surface area contributed by atoms with Crippen LogP contribution in [0.3, 0.4) is 0 Å². The molecule has 17 heavy (non-hydrogen) atoms. The number of aromatic nitrogens is 3. The molecule has 0 saturated heterocycles. The quantitative estimate of drug-likeness (QED) is 0.724. The van der Waals surface area contributed by atoms with Crippen molar-refractivity contribution in [3.63, 3.8) is 0 Å². The predicted octanol–water partition coefficient (Wildman–Crippen LogP) is 2.06. The number of hydrogen-bond donors (Lipinski definition) is 1. The van der Waals surface area contributed by atoms with E-state index in [4.69, 9.17) is 5.73 Å². The van der Waals surface area contributed by atoms with Gasteiger partial charge < -0.3 is 5.73 Å². The molecule has 4 nitrogen and oxygen atoms in total. The third kappa shape index (κ3) is 1.85. The Morgan fingerprint density at radius 3 is 2.65 bits per heavy atom. The molecule has 0 radical (unpaired) electrons. The summed E-state index contributed by atoms with van der Waals surface area (Å²) in [6.45, 7) is 0.698. The molecule has 4 heteroatoms. The minimum Gasteiger partial charge on any atom is -0.368 e. The molecule has 1 aromatic heterocycles. The van der Waals surface area contributed by atoms with Crippen LogP contribution in [0, 0.1) is 0 Å². The first-order chi connectivity index (χ1) is 8.33. The van der Waals surface area contributed by atoms with Gasteiger partial charge in [0.2, 0.25) is 5.95 Å². The van der Waals surface area contributed by atoms with Crippen LogP contribution >= 0.6 is 0 Å². The second-order valence-electron chi connectivity index (χ2n) is 4.00. The summed E-state index contributed by atoms with van der Waals surface area (Å²) in [4.78, 5) is 0. The average Bonchev–Trinajstić information content (AvgIpc) is 2.75. The third-order valence-electron chi connectivity index (χ3n) is 2.81. The van der Waals surface area contributed by atoms with E-state index >= 15 is 0 Å². The second kappa shape index (κ2) is 3.90. The highest BCUT2D eigenvalue weighted by molar-refractivity contribution is 5.82. The molecule has 0 aliphatic rings. The van der Waals surface area contributed by atoms with Crippen molar-refractivity contribution >= 4 is 16.7 Å². The van der Waals surface area contributed by atoms with Crippen molar-refractivity contribution in [2.45, 2.75) is 6.54 Å². The predicted molar refractivity (Wildman–Crippen MR) is 67.5 cm³/mol. The molecule has 1 heterocycles. The standard InChI is InChI=1S/C13H12N4/c14-13-16-15-9-17(13)8-10-5-6-11-3-1-2-4-12(11)7-10/h1-7,9H,8H2,(H2,14,16). The monoisotopic (exact) mass is 224 g/mol. The zero-order valence-electron chi connectivity index (χ0n) is 9.24. The van der Waals surface area contributed by atoms with E-state index in [0.29, 0.717) is 12.5 Å². The van der Waals surface area contributed by atoms with Gasteiger partial charge in [0.25, 0.3) is 0 Å². The van der Waals surface area contributed by atoms with E-state index < -0.39 is 0 Å². The van der Waals surface area contributed by atoms with Gasteiger partial charge in [0.15, 0.2) is 0 Å². The number of rotatable bonds is 2. The Morgan fingerprint density at radius 2 is 1.88 bits per heavy atom. The summed E-state index contributed by atoms with van der Waals surface area (Å²) in [6, 6.07) is 14.7. The highest BCUT2D eigenvalue weighted by atomic mass is 15.3. The van der Waals surface area contributed by atoms with Gasteiger partial charge in [-0.3, -0.25) is 4.57 Å². The molecular weight excluding hydrogens is 212 g/mol. The summed E-state index contributed by atoms with van der Waals surface area (Å²) in [7, 11) is 0. The molecule has 0 aliphatic heterocycles. The number of benzene rings is 2. The lowest BCUT2D eigenvalue weighted by atomic mass is 10.1. The topological polar surface area (TPSA) is 56.7 Å². The maximum atomic E-state index is 5.69. The van der Waals surface area contributed by atoms with Gasteiger partial charge in [-0.1, -0.05) is 36.4 Å². The van der Waals surface area contributed by atoms with E-state index in [-0.39, 0.29) is 0 Å². The zero-order valence-corrected chi connectivity index (χ0v) is 9.24. The van der Waals surface area contributed by atoms with Crippen molar-refractivity contribution in [3.8, 4) is 0 Å². The van der Waals surface area contributed by atoms with Crippen molar-refractivity contribution < 1.29 is 0 Å². The molecule has 2 aromatic carbocycles. The molecule has 0 spiro atoms. The molecule has 0 fully saturated rings. The lowest BCUT2D eigenvalue weighted by molar-refractivity contribution is 0.807. The maximum Gasteiger partial charge on any atom is 0.222 e. The maximum absolute atomic E-state index is 5.69. The van der Waals surface area contributed by atoms with E-state index in [1.165, 1.54) is 16.3 Å². The zero-order chi connectivity index (χ0) is 11.7. The molecule has 3 rings (SSSR count). The molecule has 2 N–H and O–H groups in total. The Balaban J connectivity index is 1.99. The van der Waals surface area contributed by atoms with Crippen molar-refractivity contribution in [2.24, 2.45) is 0 Å². The highest BCUT2D eigenvalue weighted by Crippen LogP contribution is 2.16. The van der Waals surface area contributed by atoms with Gasteiger partial charge >= 0.3 is 0 Å². The summed E-state index contributed by atoms with van der Waals surface area (Å²) >= 11 is 0. The van der Waals surface area contributed by atoms with Crippen LogP contribution in [0.4, 0.5) is 5.95 Å². The molecule has 84 valence electrons. The number of nitrogens with two attached hydrogens (primary N) is 1. The lowest BCUT2D eigenvalue weighted by Crippen LogP contribution is -2.03. The third-order valence-corrected chi connectivity index (χ3v) is 2.81. The van der Waals surface area contributed by atoms with Crippen molar-refractivity contribution in [1.29, 1.82) is 0 Å². The van der Waals surface area contributed by atoms with Crippen LogP contribution in [-0.2, 0) is 6.54 Å². The van der Waals surface area contributed by atoms with Gasteiger partial charge in [-0.25, -0.2) is 0 Å². The fourth-order valence-corrected chi connectivity index (χ4v) is 1.92. The van der Waals surface area contributed by atoms with Crippen molar-refractivity contribution in [1.82, 2.24) is 14.8 Å². The molecule has 3 aromatic rings. The van der Waals surface area contributed by atoms with E-state index in [9.17, 15) is 0 Å². The van der Waals surface area contributed by atoms with Crippen LogP contribution in [0.5, 0.6) is 0 Å².